The van der Waals surface area contributed by atoms with Gasteiger partial charge in [0.25, 0.3) is 5.91 Å². The van der Waals surface area contributed by atoms with Gasteiger partial charge in [0.05, 0.1) is 6.10 Å². The van der Waals surface area contributed by atoms with Gasteiger partial charge in [-0.2, -0.15) is 0 Å². The van der Waals surface area contributed by atoms with E-state index in [1.807, 2.05) is 19.1 Å². The minimum atomic E-state index is -0.127. The van der Waals surface area contributed by atoms with Crippen LogP contribution in [0.2, 0.25) is 0 Å². The molecule has 1 atom stereocenters. The number of amides is 1. The number of rotatable bonds is 6. The second-order valence-electron chi connectivity index (χ2n) is 4.62. The summed E-state index contributed by atoms with van der Waals surface area (Å²) in [5.74, 6) is 0.604. The Morgan fingerprint density at radius 1 is 1.53 bits per heavy atom. The van der Waals surface area contributed by atoms with E-state index < -0.39 is 0 Å². The number of ether oxygens (including phenoxy) is 1. The second kappa shape index (κ2) is 7.09. The molecule has 0 aromatic carbocycles. The van der Waals surface area contributed by atoms with Crippen molar-refractivity contribution in [2.75, 3.05) is 25.0 Å². The number of carbonyl (C=O) groups excluding carboxylic acids is 1. The third-order valence-electron chi connectivity index (χ3n) is 3.12. The van der Waals surface area contributed by atoms with Crippen LogP contribution in [0.25, 0.3) is 0 Å². The molecular weight excluding hydrogens is 242 g/mol. The monoisotopic (exact) mass is 263 g/mol. The van der Waals surface area contributed by atoms with Gasteiger partial charge >= 0.3 is 0 Å². The highest BCUT2D eigenvalue weighted by molar-refractivity contribution is 5.92. The summed E-state index contributed by atoms with van der Waals surface area (Å²) in [6, 6.07) is 5.41. The molecule has 1 fully saturated rings. The maximum Gasteiger partial charge on any atom is 0.269 e. The summed E-state index contributed by atoms with van der Waals surface area (Å²) in [5, 5.41) is 5.98. The Morgan fingerprint density at radius 3 is 3.16 bits per heavy atom. The first-order valence-electron chi connectivity index (χ1n) is 6.90. The summed E-state index contributed by atoms with van der Waals surface area (Å²) in [5.41, 5.74) is 0.450. The van der Waals surface area contributed by atoms with Gasteiger partial charge < -0.3 is 15.4 Å². The number of nitrogens with one attached hydrogen (secondary N) is 2. The van der Waals surface area contributed by atoms with E-state index >= 15 is 0 Å². The topological polar surface area (TPSA) is 63.2 Å². The van der Waals surface area contributed by atoms with E-state index in [-0.39, 0.29) is 5.91 Å². The smallest absolute Gasteiger partial charge is 0.269 e. The van der Waals surface area contributed by atoms with Gasteiger partial charge in [-0.1, -0.05) is 6.07 Å². The summed E-state index contributed by atoms with van der Waals surface area (Å²) >= 11 is 0. The van der Waals surface area contributed by atoms with Crippen LogP contribution >= 0.6 is 0 Å². The molecule has 1 unspecified atom stereocenters. The predicted molar refractivity (Wildman–Crippen MR) is 74.3 cm³/mol. The Hall–Kier alpha value is -1.62. The van der Waals surface area contributed by atoms with Crippen LogP contribution in [0, 0.1) is 0 Å². The number of nitrogens with zero attached hydrogens (tertiary/aromatic N) is 1. The van der Waals surface area contributed by atoms with Crippen LogP contribution in [0.4, 0.5) is 5.82 Å². The molecule has 2 rings (SSSR count). The number of hydrogen-bond acceptors (Lipinski definition) is 4. The first-order chi connectivity index (χ1) is 9.29. The predicted octanol–water partition coefficient (Wildman–Crippen LogP) is 1.81. The van der Waals surface area contributed by atoms with Gasteiger partial charge in [0.15, 0.2) is 0 Å². The third-order valence-corrected chi connectivity index (χ3v) is 3.12. The van der Waals surface area contributed by atoms with E-state index in [1.165, 1.54) is 0 Å². The fourth-order valence-electron chi connectivity index (χ4n) is 2.15. The summed E-state index contributed by atoms with van der Waals surface area (Å²) in [4.78, 5) is 16.2. The fraction of sp³-hybridized carbons (Fsp3) is 0.571. The molecule has 5 nitrogen and oxygen atoms in total. The van der Waals surface area contributed by atoms with Crippen LogP contribution in [0.3, 0.4) is 0 Å². The van der Waals surface area contributed by atoms with E-state index in [1.54, 1.807) is 6.07 Å². The molecule has 2 N–H and O–H groups in total. The van der Waals surface area contributed by atoms with Crippen molar-refractivity contribution < 1.29 is 9.53 Å². The fourth-order valence-corrected chi connectivity index (χ4v) is 2.15. The van der Waals surface area contributed by atoms with Crippen LogP contribution in [-0.2, 0) is 4.74 Å². The van der Waals surface area contributed by atoms with Crippen molar-refractivity contribution >= 4 is 11.7 Å². The highest BCUT2D eigenvalue weighted by atomic mass is 16.5. The molecule has 1 saturated heterocycles. The highest BCUT2D eigenvalue weighted by Gasteiger charge is 2.15. The van der Waals surface area contributed by atoms with Crippen molar-refractivity contribution in [3.8, 4) is 0 Å². The zero-order chi connectivity index (χ0) is 13.5. The Bertz CT molecular complexity index is 417. The Morgan fingerprint density at radius 2 is 2.42 bits per heavy atom. The lowest BCUT2D eigenvalue weighted by Gasteiger charge is -2.10. The molecule has 5 heteroatoms. The Balaban J connectivity index is 1.79. The maximum absolute atomic E-state index is 11.9. The quantitative estimate of drug-likeness (QED) is 0.821. The average molecular weight is 263 g/mol. The molecule has 0 saturated carbocycles. The lowest BCUT2D eigenvalue weighted by molar-refractivity contribution is 0.0903. The molecule has 1 aromatic rings. The van der Waals surface area contributed by atoms with Gasteiger partial charge in [-0.15, -0.1) is 0 Å². The Labute approximate surface area is 113 Å². The van der Waals surface area contributed by atoms with Gasteiger partial charge in [-0.3, -0.25) is 4.79 Å². The molecule has 0 bridgehead atoms. The Kier molecular flexibility index (Phi) is 5.15. The summed E-state index contributed by atoms with van der Waals surface area (Å²) in [6.07, 6.45) is 3.41. The molecule has 1 amide bonds. The molecule has 0 spiro atoms. The van der Waals surface area contributed by atoms with E-state index in [2.05, 4.69) is 15.6 Å². The number of hydrogen-bond donors (Lipinski definition) is 2. The van der Waals surface area contributed by atoms with Gasteiger partial charge in [-0.05, 0) is 38.3 Å². The van der Waals surface area contributed by atoms with E-state index in [0.717, 1.165) is 38.2 Å². The highest BCUT2D eigenvalue weighted by Crippen LogP contribution is 2.14. The normalized spacial score (nSPS) is 18.3. The number of carbonyl (C=O) groups is 1. The van der Waals surface area contributed by atoms with Gasteiger partial charge in [-0.25, -0.2) is 4.98 Å². The number of pyridine rings is 1. The van der Waals surface area contributed by atoms with E-state index in [0.29, 0.717) is 18.3 Å². The van der Waals surface area contributed by atoms with Crippen molar-refractivity contribution in [3.63, 3.8) is 0 Å². The molecule has 1 aliphatic heterocycles. The molecule has 1 aromatic heterocycles. The van der Waals surface area contributed by atoms with Crippen molar-refractivity contribution in [2.24, 2.45) is 0 Å². The standard InChI is InChI=1S/C14H21N3O2/c1-2-15-13-7-3-6-12(17-13)14(18)16-9-8-11-5-4-10-19-11/h3,6-7,11H,2,4-5,8-10H2,1H3,(H,15,17)(H,16,18). The van der Waals surface area contributed by atoms with Crippen molar-refractivity contribution in [1.29, 1.82) is 0 Å². The van der Waals surface area contributed by atoms with E-state index in [4.69, 9.17) is 4.74 Å². The van der Waals surface area contributed by atoms with Gasteiger partial charge in [0, 0.05) is 19.7 Å². The maximum atomic E-state index is 11.9. The molecule has 0 aliphatic carbocycles. The third kappa shape index (κ3) is 4.21. The molecule has 19 heavy (non-hydrogen) atoms. The lowest BCUT2D eigenvalue weighted by Crippen LogP contribution is -2.27. The van der Waals surface area contributed by atoms with Crippen LogP contribution in [0.1, 0.15) is 36.7 Å². The largest absolute Gasteiger partial charge is 0.378 e. The molecule has 104 valence electrons. The van der Waals surface area contributed by atoms with Crippen molar-refractivity contribution in [1.82, 2.24) is 10.3 Å². The van der Waals surface area contributed by atoms with Gasteiger partial charge in [0.2, 0.25) is 0 Å². The summed E-state index contributed by atoms with van der Waals surface area (Å²) in [6.45, 7) is 4.27. The van der Waals surface area contributed by atoms with Gasteiger partial charge in [0.1, 0.15) is 11.5 Å². The van der Waals surface area contributed by atoms with Crippen LogP contribution < -0.4 is 10.6 Å². The first kappa shape index (κ1) is 13.8. The molecule has 0 radical (unpaired) electrons. The number of aromatic nitrogens is 1. The summed E-state index contributed by atoms with van der Waals surface area (Å²) in [7, 11) is 0. The lowest BCUT2D eigenvalue weighted by atomic mass is 10.2. The summed E-state index contributed by atoms with van der Waals surface area (Å²) < 4.78 is 5.51. The first-order valence-corrected chi connectivity index (χ1v) is 6.90. The zero-order valence-electron chi connectivity index (χ0n) is 11.3. The average Bonchev–Trinajstić information content (AvgIpc) is 2.92. The zero-order valence-corrected chi connectivity index (χ0v) is 11.3. The van der Waals surface area contributed by atoms with Crippen LogP contribution in [0.15, 0.2) is 18.2 Å². The van der Waals surface area contributed by atoms with E-state index in [9.17, 15) is 4.79 Å². The SMILES string of the molecule is CCNc1cccc(C(=O)NCCC2CCCO2)n1. The minimum absolute atomic E-state index is 0.127. The minimum Gasteiger partial charge on any atom is -0.378 e. The van der Waals surface area contributed by atoms with Crippen LogP contribution in [-0.4, -0.2) is 36.7 Å². The van der Waals surface area contributed by atoms with Crippen molar-refractivity contribution in [3.05, 3.63) is 23.9 Å². The molecule has 2 heterocycles. The van der Waals surface area contributed by atoms with Crippen molar-refractivity contribution in [2.45, 2.75) is 32.3 Å². The molecular formula is C14H21N3O2. The molecule has 1 aliphatic rings. The second-order valence-corrected chi connectivity index (χ2v) is 4.62. The van der Waals surface area contributed by atoms with Crippen LogP contribution in [0.5, 0.6) is 0 Å². The number of anilines is 1.